The minimum Gasteiger partial charge on any atom is -0.495 e. The Morgan fingerprint density at radius 3 is 2.47 bits per heavy atom. The average Bonchev–Trinajstić information content (AvgIpc) is 2.68. The number of anilines is 1. The number of hydrogen-bond donors (Lipinski definition) is 2. The van der Waals surface area contributed by atoms with Crippen molar-refractivity contribution in [3.63, 3.8) is 0 Å². The maximum atomic E-state index is 12.3. The SMILES string of the molecule is COc1ccc(C)cc1NC(=O)C/C(C)=N\NC(=O)COc1cc(C)c(Br)cc1Br. The number of aryl methyl sites for hydroxylation is 2. The van der Waals surface area contributed by atoms with E-state index in [4.69, 9.17) is 9.47 Å². The van der Waals surface area contributed by atoms with E-state index in [1.165, 1.54) is 0 Å². The van der Waals surface area contributed by atoms with Gasteiger partial charge in [-0.2, -0.15) is 5.10 Å². The van der Waals surface area contributed by atoms with Gasteiger partial charge in [0.1, 0.15) is 11.5 Å². The van der Waals surface area contributed by atoms with Crippen LogP contribution in [0.2, 0.25) is 0 Å². The second kappa shape index (κ2) is 11.1. The molecule has 2 N–H and O–H groups in total. The number of benzene rings is 2. The zero-order valence-electron chi connectivity index (χ0n) is 17.1. The number of rotatable bonds is 8. The van der Waals surface area contributed by atoms with Gasteiger partial charge in [-0.3, -0.25) is 9.59 Å². The lowest BCUT2D eigenvalue weighted by Crippen LogP contribution is -2.26. The van der Waals surface area contributed by atoms with E-state index in [1.54, 1.807) is 20.1 Å². The fourth-order valence-electron chi connectivity index (χ4n) is 2.46. The number of carbonyl (C=O) groups excluding carboxylic acids is 2. The second-order valence-electron chi connectivity index (χ2n) is 6.63. The van der Waals surface area contributed by atoms with E-state index >= 15 is 0 Å². The molecule has 0 saturated heterocycles. The van der Waals surface area contributed by atoms with Crippen LogP contribution in [0.25, 0.3) is 0 Å². The van der Waals surface area contributed by atoms with E-state index in [9.17, 15) is 9.59 Å². The molecule has 0 aliphatic rings. The van der Waals surface area contributed by atoms with Crippen LogP contribution in [-0.4, -0.2) is 31.2 Å². The van der Waals surface area contributed by atoms with Crippen LogP contribution in [0, 0.1) is 13.8 Å². The lowest BCUT2D eigenvalue weighted by atomic mass is 10.2. The fourth-order valence-corrected chi connectivity index (χ4v) is 3.57. The molecule has 2 aromatic carbocycles. The molecule has 0 aliphatic heterocycles. The van der Waals surface area contributed by atoms with Gasteiger partial charge in [0.05, 0.1) is 23.7 Å². The van der Waals surface area contributed by atoms with E-state index in [0.29, 0.717) is 22.9 Å². The summed E-state index contributed by atoms with van der Waals surface area (Å²) in [6.07, 6.45) is 0.0235. The van der Waals surface area contributed by atoms with Gasteiger partial charge in [-0.15, -0.1) is 0 Å². The molecule has 9 heteroatoms. The number of halogens is 2. The lowest BCUT2D eigenvalue weighted by Gasteiger charge is -2.11. The Morgan fingerprint density at radius 1 is 1.03 bits per heavy atom. The average molecular weight is 541 g/mol. The Balaban J connectivity index is 1.86. The number of ether oxygens (including phenoxy) is 2. The first kappa shape index (κ1) is 23.9. The number of carbonyl (C=O) groups is 2. The Labute approximate surface area is 192 Å². The van der Waals surface area contributed by atoms with Gasteiger partial charge in [0.15, 0.2) is 6.61 Å². The van der Waals surface area contributed by atoms with Crippen molar-refractivity contribution in [1.82, 2.24) is 5.43 Å². The first-order valence-corrected chi connectivity index (χ1v) is 10.6. The van der Waals surface area contributed by atoms with Gasteiger partial charge < -0.3 is 14.8 Å². The molecule has 0 aliphatic carbocycles. The van der Waals surface area contributed by atoms with Crippen LogP contribution in [0.5, 0.6) is 11.5 Å². The highest BCUT2D eigenvalue weighted by Gasteiger charge is 2.11. The maximum Gasteiger partial charge on any atom is 0.277 e. The minimum atomic E-state index is -0.428. The Bertz CT molecular complexity index is 977. The summed E-state index contributed by atoms with van der Waals surface area (Å²) in [5.41, 5.74) is 5.41. The van der Waals surface area contributed by atoms with Gasteiger partial charge >= 0.3 is 0 Å². The van der Waals surface area contributed by atoms with Gasteiger partial charge in [0.25, 0.3) is 5.91 Å². The molecule has 0 aromatic heterocycles. The molecule has 0 unspecified atom stereocenters. The summed E-state index contributed by atoms with van der Waals surface area (Å²) in [5, 5.41) is 6.75. The molecular weight excluding hydrogens is 518 g/mol. The van der Waals surface area contributed by atoms with Crippen molar-refractivity contribution in [3.05, 3.63) is 50.4 Å². The molecule has 0 bridgehead atoms. The number of methoxy groups -OCH3 is 1. The summed E-state index contributed by atoms with van der Waals surface area (Å²) < 4.78 is 12.4. The predicted molar refractivity (Wildman–Crippen MR) is 124 cm³/mol. The number of nitrogens with one attached hydrogen (secondary N) is 2. The van der Waals surface area contributed by atoms with E-state index < -0.39 is 5.91 Å². The van der Waals surface area contributed by atoms with Crippen molar-refractivity contribution in [2.75, 3.05) is 19.0 Å². The monoisotopic (exact) mass is 539 g/mol. The van der Waals surface area contributed by atoms with Crippen LogP contribution in [0.15, 0.2) is 44.4 Å². The highest BCUT2D eigenvalue weighted by molar-refractivity contribution is 9.11. The van der Waals surface area contributed by atoms with E-state index in [2.05, 4.69) is 47.7 Å². The standard InChI is InChI=1S/C21H23Br2N3O4/c1-12-5-6-18(29-4)17(7-12)24-20(27)9-14(3)25-26-21(28)11-30-19-8-13(2)15(22)10-16(19)23/h5-8,10H,9,11H2,1-4H3,(H,24,27)(H,26,28)/b25-14-. The number of hydrazone groups is 1. The van der Waals surface area contributed by atoms with E-state index in [1.807, 2.05) is 38.1 Å². The van der Waals surface area contributed by atoms with Crippen LogP contribution >= 0.6 is 31.9 Å². The molecule has 160 valence electrons. The first-order chi connectivity index (χ1) is 14.2. The van der Waals surface area contributed by atoms with Crippen molar-refractivity contribution in [3.8, 4) is 11.5 Å². The molecule has 0 saturated carbocycles. The van der Waals surface area contributed by atoms with Crippen molar-refractivity contribution in [2.45, 2.75) is 27.2 Å². The second-order valence-corrected chi connectivity index (χ2v) is 8.34. The van der Waals surface area contributed by atoms with Gasteiger partial charge in [-0.05, 0) is 72.1 Å². The fraction of sp³-hybridized carbons (Fsp3) is 0.286. The Morgan fingerprint density at radius 2 is 1.77 bits per heavy atom. The third kappa shape index (κ3) is 7.14. The highest BCUT2D eigenvalue weighted by atomic mass is 79.9. The number of nitrogens with zero attached hydrogens (tertiary/aromatic N) is 1. The topological polar surface area (TPSA) is 89.0 Å². The Hall–Kier alpha value is -2.39. The van der Waals surface area contributed by atoms with E-state index in [-0.39, 0.29) is 18.9 Å². The minimum absolute atomic E-state index is 0.0235. The van der Waals surface area contributed by atoms with Gasteiger partial charge in [-0.1, -0.05) is 22.0 Å². The molecule has 0 spiro atoms. The largest absolute Gasteiger partial charge is 0.495 e. The van der Waals surface area contributed by atoms with Crippen LogP contribution in [0.4, 0.5) is 5.69 Å². The lowest BCUT2D eigenvalue weighted by molar-refractivity contribution is -0.123. The van der Waals surface area contributed by atoms with Crippen molar-refractivity contribution in [2.24, 2.45) is 5.10 Å². The summed E-state index contributed by atoms with van der Waals surface area (Å²) in [7, 11) is 1.54. The number of amides is 2. The van der Waals surface area contributed by atoms with E-state index in [0.717, 1.165) is 20.1 Å². The van der Waals surface area contributed by atoms with Crippen molar-refractivity contribution in [1.29, 1.82) is 0 Å². The maximum absolute atomic E-state index is 12.3. The third-order valence-electron chi connectivity index (χ3n) is 3.99. The zero-order valence-corrected chi connectivity index (χ0v) is 20.3. The summed E-state index contributed by atoms with van der Waals surface area (Å²) in [5.74, 6) is 0.434. The van der Waals surface area contributed by atoms with Crippen LogP contribution in [0.3, 0.4) is 0 Å². The molecule has 0 atom stereocenters. The normalized spacial score (nSPS) is 11.1. The van der Waals surface area contributed by atoms with Gasteiger partial charge in [0, 0.05) is 10.2 Å². The molecule has 30 heavy (non-hydrogen) atoms. The first-order valence-electron chi connectivity index (χ1n) is 9.04. The van der Waals surface area contributed by atoms with Crippen LogP contribution < -0.4 is 20.2 Å². The molecule has 0 fully saturated rings. The van der Waals surface area contributed by atoms with Crippen LogP contribution in [-0.2, 0) is 9.59 Å². The molecule has 0 heterocycles. The van der Waals surface area contributed by atoms with Crippen LogP contribution in [0.1, 0.15) is 24.5 Å². The quantitative estimate of drug-likeness (QED) is 0.374. The summed E-state index contributed by atoms with van der Waals surface area (Å²) in [6.45, 7) is 5.30. The van der Waals surface area contributed by atoms with Crippen molar-refractivity contribution < 1.29 is 19.1 Å². The molecule has 2 rings (SSSR count). The summed E-state index contributed by atoms with van der Waals surface area (Å²) >= 11 is 6.83. The molecule has 2 aromatic rings. The smallest absolute Gasteiger partial charge is 0.277 e. The zero-order chi connectivity index (χ0) is 22.3. The summed E-state index contributed by atoms with van der Waals surface area (Å²) in [4.78, 5) is 24.3. The van der Waals surface area contributed by atoms with Crippen molar-refractivity contribution >= 4 is 55.1 Å². The Kier molecular flexibility index (Phi) is 8.86. The highest BCUT2D eigenvalue weighted by Crippen LogP contribution is 2.31. The molecule has 7 nitrogen and oxygen atoms in total. The molecule has 0 radical (unpaired) electrons. The molecular formula is C21H23Br2N3O4. The summed E-state index contributed by atoms with van der Waals surface area (Å²) in [6, 6.07) is 9.18. The van der Waals surface area contributed by atoms with Gasteiger partial charge in [0.2, 0.25) is 5.91 Å². The third-order valence-corrected chi connectivity index (χ3v) is 5.46. The number of hydrogen-bond acceptors (Lipinski definition) is 5. The molecule has 2 amide bonds. The van der Waals surface area contributed by atoms with Gasteiger partial charge in [-0.25, -0.2) is 5.43 Å². The predicted octanol–water partition coefficient (Wildman–Crippen LogP) is 4.74.